The summed E-state index contributed by atoms with van der Waals surface area (Å²) in [5.41, 5.74) is 0. The molecule has 3 rings (SSSR count). The molecule has 2 fully saturated rings. The van der Waals surface area contributed by atoms with E-state index in [0.717, 1.165) is 57.0 Å². The molecule has 0 saturated carbocycles. The van der Waals surface area contributed by atoms with Gasteiger partial charge in [0.05, 0.1) is 25.5 Å². The lowest BCUT2D eigenvalue weighted by Gasteiger charge is -2.32. The molecule has 2 saturated heterocycles. The molecule has 0 aliphatic carbocycles. The van der Waals surface area contributed by atoms with Crippen LogP contribution in [0.2, 0.25) is 0 Å². The summed E-state index contributed by atoms with van der Waals surface area (Å²) in [5, 5.41) is 6.93. The van der Waals surface area contributed by atoms with Gasteiger partial charge in [0.2, 0.25) is 0 Å². The normalized spacial score (nSPS) is 21.0. The number of carbonyl (C=O) groups is 1. The highest BCUT2D eigenvalue weighted by Crippen LogP contribution is 2.13. The van der Waals surface area contributed by atoms with Crippen molar-refractivity contribution in [2.75, 3.05) is 39.4 Å². The van der Waals surface area contributed by atoms with Crippen LogP contribution in [0.4, 0.5) is 4.79 Å². The van der Waals surface area contributed by atoms with Crippen LogP contribution in [0.15, 0.2) is 27.8 Å². The molecule has 0 aromatic carbocycles. The molecular formula is C20H32N4O4. The van der Waals surface area contributed by atoms with E-state index in [9.17, 15) is 4.79 Å². The van der Waals surface area contributed by atoms with Crippen LogP contribution < -0.4 is 10.6 Å². The fourth-order valence-corrected chi connectivity index (χ4v) is 3.51. The second-order valence-electron chi connectivity index (χ2n) is 7.19. The third-order valence-electron chi connectivity index (χ3n) is 5.08. The number of carbonyl (C=O) groups excluding carboxylic acids is 1. The maximum atomic E-state index is 11.9. The molecule has 156 valence electrons. The Hall–Kier alpha value is -2.22. The number of hydrogen-bond acceptors (Lipinski definition) is 5. The zero-order valence-electron chi connectivity index (χ0n) is 16.7. The van der Waals surface area contributed by atoms with Gasteiger partial charge in [-0.15, -0.1) is 0 Å². The van der Waals surface area contributed by atoms with E-state index < -0.39 is 0 Å². The summed E-state index contributed by atoms with van der Waals surface area (Å²) in [4.78, 5) is 18.4. The average Bonchev–Trinajstić information content (AvgIpc) is 3.41. The molecule has 2 aliphatic rings. The summed E-state index contributed by atoms with van der Waals surface area (Å²) in [6.45, 7) is 5.88. The fraction of sp³-hybridized carbons (Fsp3) is 0.700. The van der Waals surface area contributed by atoms with E-state index in [2.05, 4.69) is 10.6 Å². The molecule has 0 spiro atoms. The lowest BCUT2D eigenvalue weighted by molar-refractivity contribution is 0.0962. The molecule has 2 N–H and O–H groups in total. The predicted molar refractivity (Wildman–Crippen MR) is 106 cm³/mol. The van der Waals surface area contributed by atoms with Crippen molar-refractivity contribution < 1.29 is 18.7 Å². The monoisotopic (exact) mass is 392 g/mol. The van der Waals surface area contributed by atoms with Gasteiger partial charge in [0.1, 0.15) is 5.76 Å². The molecule has 0 bridgehead atoms. The summed E-state index contributed by atoms with van der Waals surface area (Å²) >= 11 is 0. The maximum Gasteiger partial charge on any atom is 0.409 e. The highest BCUT2D eigenvalue weighted by molar-refractivity contribution is 5.80. The van der Waals surface area contributed by atoms with Crippen molar-refractivity contribution in [3.63, 3.8) is 0 Å². The first-order valence-corrected chi connectivity index (χ1v) is 10.3. The zero-order chi connectivity index (χ0) is 19.6. The number of guanidine groups is 1. The molecule has 1 atom stereocenters. The molecule has 0 radical (unpaired) electrons. The zero-order valence-corrected chi connectivity index (χ0v) is 16.7. The summed E-state index contributed by atoms with van der Waals surface area (Å²) in [5.74, 6) is 1.75. The first kappa shape index (κ1) is 20.5. The molecule has 1 aromatic heterocycles. The summed E-state index contributed by atoms with van der Waals surface area (Å²) < 4.78 is 16.2. The quantitative estimate of drug-likeness (QED) is 0.546. The van der Waals surface area contributed by atoms with Crippen molar-refractivity contribution in [2.24, 2.45) is 4.99 Å². The number of furan rings is 1. The van der Waals surface area contributed by atoms with Crippen LogP contribution in [0.3, 0.4) is 0 Å². The Balaban J connectivity index is 1.48. The van der Waals surface area contributed by atoms with Crippen LogP contribution in [0.5, 0.6) is 0 Å². The third kappa shape index (κ3) is 6.44. The number of nitrogens with zero attached hydrogens (tertiary/aromatic N) is 2. The first-order chi connectivity index (χ1) is 13.7. The topological polar surface area (TPSA) is 88.3 Å². The van der Waals surface area contributed by atoms with Gasteiger partial charge in [0.25, 0.3) is 0 Å². The lowest BCUT2D eigenvalue weighted by Crippen LogP contribution is -2.50. The smallest absolute Gasteiger partial charge is 0.409 e. The van der Waals surface area contributed by atoms with E-state index in [4.69, 9.17) is 18.9 Å². The van der Waals surface area contributed by atoms with E-state index in [1.807, 2.05) is 19.1 Å². The fourth-order valence-electron chi connectivity index (χ4n) is 3.51. The van der Waals surface area contributed by atoms with E-state index in [1.54, 1.807) is 11.2 Å². The van der Waals surface area contributed by atoms with E-state index in [-0.39, 0.29) is 18.2 Å². The Morgan fingerprint density at radius 1 is 1.36 bits per heavy atom. The van der Waals surface area contributed by atoms with E-state index >= 15 is 0 Å². The van der Waals surface area contributed by atoms with Gasteiger partial charge >= 0.3 is 6.09 Å². The molecule has 1 aromatic rings. The molecule has 3 heterocycles. The van der Waals surface area contributed by atoms with Crippen LogP contribution in [-0.2, 0) is 15.9 Å². The van der Waals surface area contributed by atoms with Gasteiger partial charge in [-0.25, -0.2) is 4.79 Å². The number of piperidine rings is 1. The van der Waals surface area contributed by atoms with Crippen molar-refractivity contribution in [2.45, 2.75) is 51.2 Å². The summed E-state index contributed by atoms with van der Waals surface area (Å²) in [7, 11) is 0. The highest BCUT2D eigenvalue weighted by atomic mass is 16.6. The van der Waals surface area contributed by atoms with E-state index in [0.29, 0.717) is 26.2 Å². The van der Waals surface area contributed by atoms with Crippen LogP contribution in [-0.4, -0.2) is 68.5 Å². The van der Waals surface area contributed by atoms with Gasteiger partial charge in [-0.2, -0.15) is 0 Å². The number of ether oxygens (including phenoxy) is 2. The van der Waals surface area contributed by atoms with Gasteiger partial charge < -0.3 is 29.4 Å². The molecule has 1 unspecified atom stereocenters. The number of likely N-dealkylation sites (tertiary alicyclic amines) is 1. The van der Waals surface area contributed by atoms with Crippen LogP contribution in [0, 0.1) is 0 Å². The number of nitrogens with one attached hydrogen (secondary N) is 2. The second kappa shape index (κ2) is 10.9. The number of aliphatic imine (C=N–C) groups is 1. The summed E-state index contributed by atoms with van der Waals surface area (Å²) in [6, 6.07) is 4.16. The number of amides is 1. The first-order valence-electron chi connectivity index (χ1n) is 10.3. The third-order valence-corrected chi connectivity index (χ3v) is 5.08. The summed E-state index contributed by atoms with van der Waals surface area (Å²) in [6.07, 6.45) is 6.42. The van der Waals surface area contributed by atoms with Crippen molar-refractivity contribution in [3.05, 3.63) is 24.2 Å². The molecule has 2 aliphatic heterocycles. The Morgan fingerprint density at radius 3 is 2.89 bits per heavy atom. The van der Waals surface area contributed by atoms with Crippen molar-refractivity contribution in [3.8, 4) is 0 Å². The maximum absolute atomic E-state index is 11.9. The van der Waals surface area contributed by atoms with Crippen LogP contribution >= 0.6 is 0 Å². The van der Waals surface area contributed by atoms with Crippen molar-refractivity contribution in [1.82, 2.24) is 15.5 Å². The van der Waals surface area contributed by atoms with Gasteiger partial charge in [-0.3, -0.25) is 4.99 Å². The average molecular weight is 393 g/mol. The Labute approximate surface area is 166 Å². The largest absolute Gasteiger partial charge is 0.469 e. The SMILES string of the molecule is CCOC(=O)N1CCC(NC(=NCC2CCCO2)NCCc2ccco2)CC1. The van der Waals surface area contributed by atoms with E-state index in [1.165, 1.54) is 0 Å². The number of hydrogen-bond donors (Lipinski definition) is 2. The molecule has 28 heavy (non-hydrogen) atoms. The van der Waals surface area contributed by atoms with Crippen LogP contribution in [0.1, 0.15) is 38.4 Å². The minimum atomic E-state index is -0.218. The molecule has 8 heteroatoms. The Morgan fingerprint density at radius 2 is 2.21 bits per heavy atom. The van der Waals surface area contributed by atoms with Gasteiger partial charge in [-0.1, -0.05) is 0 Å². The minimum Gasteiger partial charge on any atom is -0.469 e. The van der Waals surface area contributed by atoms with Crippen molar-refractivity contribution in [1.29, 1.82) is 0 Å². The van der Waals surface area contributed by atoms with Crippen molar-refractivity contribution >= 4 is 12.1 Å². The van der Waals surface area contributed by atoms with Gasteiger partial charge in [0, 0.05) is 38.7 Å². The Bertz CT molecular complexity index is 606. The molecule has 8 nitrogen and oxygen atoms in total. The predicted octanol–water partition coefficient (Wildman–Crippen LogP) is 2.16. The Kier molecular flexibility index (Phi) is 8.02. The molecule has 1 amide bonds. The lowest BCUT2D eigenvalue weighted by atomic mass is 10.1. The molecular weight excluding hydrogens is 360 g/mol. The minimum absolute atomic E-state index is 0.217. The van der Waals surface area contributed by atoms with Crippen LogP contribution in [0.25, 0.3) is 0 Å². The highest BCUT2D eigenvalue weighted by Gasteiger charge is 2.24. The standard InChI is InChI=1S/C20H32N4O4/c1-2-26-20(25)24-11-8-16(9-12-24)23-19(22-15-18-6-4-14-28-18)21-10-7-17-5-3-13-27-17/h3,5,13,16,18H,2,4,6-12,14-15H2,1H3,(H2,21,22,23). The second-order valence-corrected chi connectivity index (χ2v) is 7.19. The van der Waals surface area contributed by atoms with Gasteiger partial charge in [0.15, 0.2) is 5.96 Å². The van der Waals surface area contributed by atoms with Gasteiger partial charge in [-0.05, 0) is 44.7 Å². The number of rotatable bonds is 7.